The van der Waals surface area contributed by atoms with E-state index in [2.05, 4.69) is 20.8 Å². The number of benzene rings is 2. The Bertz CT molecular complexity index is 919. The molecular weight excluding hydrogens is 340 g/mol. The molecule has 0 fully saturated rings. The Morgan fingerprint density at radius 3 is 2.41 bits per heavy atom. The zero-order chi connectivity index (χ0) is 19.9. The maximum Gasteiger partial charge on any atom is 0.323 e. The van der Waals surface area contributed by atoms with Crippen LogP contribution in [0.25, 0.3) is 0 Å². The Morgan fingerprint density at radius 2 is 1.81 bits per heavy atom. The van der Waals surface area contributed by atoms with Crippen molar-refractivity contribution in [3.63, 3.8) is 0 Å². The van der Waals surface area contributed by atoms with Crippen molar-refractivity contribution in [3.05, 3.63) is 63.7 Å². The van der Waals surface area contributed by atoms with Gasteiger partial charge in [-0.1, -0.05) is 51.1 Å². The number of fused-ring (bicyclic) bond motifs is 1. The third kappa shape index (κ3) is 3.75. The zero-order valence-electron chi connectivity index (χ0n) is 16.6. The van der Waals surface area contributed by atoms with E-state index in [0.717, 1.165) is 27.8 Å². The van der Waals surface area contributed by atoms with Gasteiger partial charge in [0.1, 0.15) is 11.7 Å². The normalized spacial score (nSPS) is 16.2. The number of ether oxygens (including phenoxy) is 1. The van der Waals surface area contributed by atoms with Gasteiger partial charge in [-0.05, 0) is 47.9 Å². The standard InChI is InChI=1S/C23H26O4/c1-13-6-8-16(10-14(13)2)20-17-11-15(7-9-19(24)25)12-18(23(3,4)5)21(17)27-22(20)26/h6,8,10-12,20H,7,9H2,1-5H3,(H,24,25). The monoisotopic (exact) mass is 366 g/mol. The van der Waals surface area contributed by atoms with E-state index >= 15 is 0 Å². The Kier molecular flexibility index (Phi) is 4.85. The number of hydrogen-bond donors (Lipinski definition) is 1. The van der Waals surface area contributed by atoms with Gasteiger partial charge < -0.3 is 9.84 Å². The summed E-state index contributed by atoms with van der Waals surface area (Å²) >= 11 is 0. The van der Waals surface area contributed by atoms with E-state index < -0.39 is 11.9 Å². The van der Waals surface area contributed by atoms with Crippen LogP contribution in [0.5, 0.6) is 5.75 Å². The van der Waals surface area contributed by atoms with Gasteiger partial charge in [-0.3, -0.25) is 9.59 Å². The number of aryl methyl sites for hydroxylation is 3. The van der Waals surface area contributed by atoms with Crippen molar-refractivity contribution in [1.82, 2.24) is 0 Å². The molecule has 0 radical (unpaired) electrons. The molecule has 1 heterocycles. The van der Waals surface area contributed by atoms with Crippen LogP contribution in [-0.4, -0.2) is 17.0 Å². The topological polar surface area (TPSA) is 63.6 Å². The number of carboxylic acid groups (broad SMARTS) is 1. The molecule has 1 N–H and O–H groups in total. The molecule has 27 heavy (non-hydrogen) atoms. The smallest absolute Gasteiger partial charge is 0.323 e. The number of rotatable bonds is 4. The summed E-state index contributed by atoms with van der Waals surface area (Å²) in [6, 6.07) is 9.96. The van der Waals surface area contributed by atoms with Gasteiger partial charge in [0.25, 0.3) is 0 Å². The average Bonchev–Trinajstić information content (AvgIpc) is 2.89. The highest BCUT2D eigenvalue weighted by atomic mass is 16.5. The number of hydrogen-bond acceptors (Lipinski definition) is 3. The second kappa shape index (κ2) is 6.84. The Balaban J connectivity index is 2.15. The maximum atomic E-state index is 12.8. The van der Waals surface area contributed by atoms with Crippen LogP contribution in [0.1, 0.15) is 66.5 Å². The fraction of sp³-hybridized carbons (Fsp3) is 0.391. The zero-order valence-corrected chi connectivity index (χ0v) is 16.6. The van der Waals surface area contributed by atoms with Crippen molar-refractivity contribution in [2.75, 3.05) is 0 Å². The highest BCUT2D eigenvalue weighted by molar-refractivity contribution is 5.90. The first-order valence-electron chi connectivity index (χ1n) is 9.26. The SMILES string of the molecule is Cc1ccc(C2C(=O)Oc3c2cc(CCC(=O)O)cc3C(C)(C)C)cc1C. The summed E-state index contributed by atoms with van der Waals surface area (Å²) < 4.78 is 5.73. The number of carbonyl (C=O) groups is 2. The molecule has 2 aromatic carbocycles. The molecule has 142 valence electrons. The molecule has 0 aromatic heterocycles. The maximum absolute atomic E-state index is 12.8. The molecule has 1 aliphatic heterocycles. The minimum Gasteiger partial charge on any atom is -0.481 e. The summed E-state index contributed by atoms with van der Waals surface area (Å²) in [5, 5.41) is 9.05. The van der Waals surface area contributed by atoms with Gasteiger partial charge in [-0.25, -0.2) is 0 Å². The van der Waals surface area contributed by atoms with Gasteiger partial charge in [-0.15, -0.1) is 0 Å². The average molecular weight is 366 g/mol. The lowest BCUT2D eigenvalue weighted by Crippen LogP contribution is -2.14. The molecule has 0 bridgehead atoms. The molecule has 1 atom stereocenters. The lowest BCUT2D eigenvalue weighted by atomic mass is 9.81. The van der Waals surface area contributed by atoms with Crippen LogP contribution in [0.4, 0.5) is 0 Å². The van der Waals surface area contributed by atoms with Crippen molar-refractivity contribution in [1.29, 1.82) is 0 Å². The largest absolute Gasteiger partial charge is 0.481 e. The third-order valence-corrected chi connectivity index (χ3v) is 5.23. The van der Waals surface area contributed by atoms with E-state index in [4.69, 9.17) is 9.84 Å². The molecule has 0 amide bonds. The van der Waals surface area contributed by atoms with E-state index in [1.54, 1.807) is 0 Å². The van der Waals surface area contributed by atoms with Crippen LogP contribution in [0.15, 0.2) is 30.3 Å². The van der Waals surface area contributed by atoms with Crippen molar-refractivity contribution < 1.29 is 19.4 Å². The van der Waals surface area contributed by atoms with Gasteiger partial charge in [0.2, 0.25) is 0 Å². The minimum atomic E-state index is -0.828. The predicted molar refractivity (Wildman–Crippen MR) is 104 cm³/mol. The van der Waals surface area contributed by atoms with Gasteiger partial charge in [0, 0.05) is 17.5 Å². The molecule has 4 heteroatoms. The molecule has 0 saturated heterocycles. The summed E-state index contributed by atoms with van der Waals surface area (Å²) in [4.78, 5) is 23.8. The highest BCUT2D eigenvalue weighted by Gasteiger charge is 2.38. The van der Waals surface area contributed by atoms with Crippen molar-refractivity contribution in [2.45, 2.75) is 58.8 Å². The molecule has 1 aliphatic rings. The Hall–Kier alpha value is -2.62. The lowest BCUT2D eigenvalue weighted by Gasteiger charge is -2.23. The highest BCUT2D eigenvalue weighted by Crippen LogP contribution is 2.46. The quantitative estimate of drug-likeness (QED) is 0.631. The summed E-state index contributed by atoms with van der Waals surface area (Å²) in [6.45, 7) is 10.3. The molecule has 0 aliphatic carbocycles. The number of carbonyl (C=O) groups excluding carboxylic acids is 1. The molecule has 4 nitrogen and oxygen atoms in total. The summed E-state index contributed by atoms with van der Waals surface area (Å²) in [5.74, 6) is -0.931. The van der Waals surface area contributed by atoms with Crippen molar-refractivity contribution in [2.24, 2.45) is 0 Å². The Labute approximate surface area is 160 Å². The van der Waals surface area contributed by atoms with Crippen LogP contribution >= 0.6 is 0 Å². The van der Waals surface area contributed by atoms with Crippen LogP contribution in [0, 0.1) is 13.8 Å². The van der Waals surface area contributed by atoms with Crippen LogP contribution in [-0.2, 0) is 21.4 Å². The number of esters is 1. The molecule has 0 saturated carbocycles. The van der Waals surface area contributed by atoms with Crippen LogP contribution in [0.3, 0.4) is 0 Å². The first-order chi connectivity index (χ1) is 12.6. The Morgan fingerprint density at radius 1 is 1.11 bits per heavy atom. The first-order valence-corrected chi connectivity index (χ1v) is 9.26. The van der Waals surface area contributed by atoms with E-state index in [1.807, 2.05) is 44.2 Å². The van der Waals surface area contributed by atoms with Gasteiger partial charge in [-0.2, -0.15) is 0 Å². The summed E-state index contributed by atoms with van der Waals surface area (Å²) in [5.41, 5.74) is 5.71. The fourth-order valence-corrected chi connectivity index (χ4v) is 3.54. The minimum absolute atomic E-state index is 0.0610. The van der Waals surface area contributed by atoms with Crippen LogP contribution < -0.4 is 4.74 Å². The lowest BCUT2D eigenvalue weighted by molar-refractivity contribution is -0.137. The summed E-state index contributed by atoms with van der Waals surface area (Å²) in [6.07, 6.45) is 0.491. The number of aliphatic carboxylic acids is 1. The molecule has 1 unspecified atom stereocenters. The van der Waals surface area contributed by atoms with Crippen LogP contribution in [0.2, 0.25) is 0 Å². The molecule has 3 rings (SSSR count). The fourth-order valence-electron chi connectivity index (χ4n) is 3.54. The van der Waals surface area contributed by atoms with Gasteiger partial charge >= 0.3 is 11.9 Å². The first kappa shape index (κ1) is 19.2. The van der Waals surface area contributed by atoms with Crippen molar-refractivity contribution in [3.8, 4) is 5.75 Å². The van der Waals surface area contributed by atoms with E-state index in [0.29, 0.717) is 12.2 Å². The second-order valence-corrected chi connectivity index (χ2v) is 8.40. The molecule has 2 aromatic rings. The number of carboxylic acids is 1. The van der Waals surface area contributed by atoms with E-state index in [9.17, 15) is 9.59 Å². The summed E-state index contributed by atoms with van der Waals surface area (Å²) in [7, 11) is 0. The predicted octanol–water partition coefficient (Wildman–Crippen LogP) is 4.67. The molecular formula is C23H26O4. The van der Waals surface area contributed by atoms with E-state index in [1.165, 1.54) is 5.56 Å². The third-order valence-electron chi connectivity index (χ3n) is 5.23. The van der Waals surface area contributed by atoms with Crippen molar-refractivity contribution >= 4 is 11.9 Å². The van der Waals surface area contributed by atoms with E-state index in [-0.39, 0.29) is 17.8 Å². The van der Waals surface area contributed by atoms with Gasteiger partial charge in [0.15, 0.2) is 0 Å². The van der Waals surface area contributed by atoms with Gasteiger partial charge in [0.05, 0.1) is 0 Å². The molecule has 0 spiro atoms. The second-order valence-electron chi connectivity index (χ2n) is 8.40.